The number of benzene rings is 2. The molecule has 1 atom stereocenters. The zero-order chi connectivity index (χ0) is 12.5. The molecular weight excluding hydrogens is 246 g/mol. The lowest BCUT2D eigenvalue weighted by atomic mass is 10.1. The maximum absolute atomic E-state index is 12.2. The molecule has 0 aliphatic carbocycles. The van der Waals surface area contributed by atoms with Crippen LogP contribution in [-0.2, 0) is 0 Å². The Morgan fingerprint density at radius 3 is 2.39 bits per heavy atom. The predicted octanol–water partition coefficient (Wildman–Crippen LogP) is 2.84. The molecule has 1 aliphatic heterocycles. The van der Waals surface area contributed by atoms with Crippen LogP contribution in [0.25, 0.3) is 0 Å². The van der Waals surface area contributed by atoms with E-state index in [0.717, 1.165) is 4.90 Å². The molecule has 4 heteroatoms. The summed E-state index contributed by atoms with van der Waals surface area (Å²) in [5.74, 6) is -0.146. The summed E-state index contributed by atoms with van der Waals surface area (Å²) in [6.07, 6.45) is -0.876. The fourth-order valence-corrected chi connectivity index (χ4v) is 2.86. The zero-order valence-electron chi connectivity index (χ0n) is 9.48. The summed E-state index contributed by atoms with van der Waals surface area (Å²) in [6.45, 7) is 0. The molecule has 1 unspecified atom stereocenters. The van der Waals surface area contributed by atoms with E-state index < -0.39 is 6.23 Å². The van der Waals surface area contributed by atoms with Crippen molar-refractivity contribution in [1.29, 1.82) is 0 Å². The monoisotopic (exact) mass is 257 g/mol. The zero-order valence-corrected chi connectivity index (χ0v) is 10.3. The maximum Gasteiger partial charge on any atom is 0.266 e. The van der Waals surface area contributed by atoms with E-state index in [9.17, 15) is 9.90 Å². The second kappa shape index (κ2) is 4.48. The first-order valence-corrected chi connectivity index (χ1v) is 6.38. The number of nitrogens with zero attached hydrogens (tertiary/aromatic N) is 1. The lowest BCUT2D eigenvalue weighted by Crippen LogP contribution is -2.20. The van der Waals surface area contributed by atoms with E-state index in [-0.39, 0.29) is 5.91 Å². The Labute approximate surface area is 109 Å². The fraction of sp³-hybridized carbons (Fsp3) is 0.0714. The van der Waals surface area contributed by atoms with Gasteiger partial charge in [-0.2, -0.15) is 0 Å². The van der Waals surface area contributed by atoms with Crippen molar-refractivity contribution in [3.8, 4) is 0 Å². The van der Waals surface area contributed by atoms with E-state index in [1.165, 1.54) is 16.3 Å². The normalized spacial score (nSPS) is 17.9. The van der Waals surface area contributed by atoms with Crippen molar-refractivity contribution in [2.45, 2.75) is 11.1 Å². The minimum absolute atomic E-state index is 0.146. The largest absolute Gasteiger partial charge is 0.368 e. The molecule has 0 saturated heterocycles. The minimum Gasteiger partial charge on any atom is -0.368 e. The van der Waals surface area contributed by atoms with Gasteiger partial charge in [0.25, 0.3) is 5.91 Å². The number of carbonyl (C=O) groups excluding carboxylic acids is 1. The third kappa shape index (κ3) is 1.79. The number of amides is 1. The summed E-state index contributed by atoms with van der Waals surface area (Å²) < 4.78 is 1.40. The Morgan fingerprint density at radius 2 is 1.67 bits per heavy atom. The Kier molecular flexibility index (Phi) is 2.81. The highest BCUT2D eigenvalue weighted by Gasteiger charge is 2.35. The molecular formula is C14H11NO2S. The molecule has 0 bridgehead atoms. The average molecular weight is 257 g/mol. The van der Waals surface area contributed by atoms with Gasteiger partial charge in [0, 0.05) is 16.0 Å². The molecule has 1 heterocycles. The number of aliphatic hydroxyl groups excluding tert-OH is 1. The summed E-state index contributed by atoms with van der Waals surface area (Å²) in [6, 6.07) is 16.7. The van der Waals surface area contributed by atoms with E-state index in [1.54, 1.807) is 18.2 Å². The number of rotatable bonds is 2. The van der Waals surface area contributed by atoms with Crippen LogP contribution in [0.15, 0.2) is 59.5 Å². The van der Waals surface area contributed by atoms with Crippen LogP contribution >= 0.6 is 11.9 Å². The Bertz CT molecular complexity index is 585. The standard InChI is InChI=1S/C14H11NO2S/c16-13-11-8-4-5-9-12(11)14(17)15(13)18-10-6-2-1-3-7-10/h1-9,13,16H. The number of fused-ring (bicyclic) bond motifs is 1. The maximum atomic E-state index is 12.2. The molecule has 0 fully saturated rings. The van der Waals surface area contributed by atoms with E-state index in [1.807, 2.05) is 36.4 Å². The lowest BCUT2D eigenvalue weighted by Gasteiger charge is -2.18. The molecule has 0 spiro atoms. The van der Waals surface area contributed by atoms with Gasteiger partial charge in [0.2, 0.25) is 0 Å². The van der Waals surface area contributed by atoms with Crippen LogP contribution in [-0.4, -0.2) is 15.3 Å². The van der Waals surface area contributed by atoms with E-state index in [4.69, 9.17) is 0 Å². The average Bonchev–Trinajstić information content (AvgIpc) is 2.66. The molecule has 0 aromatic heterocycles. The van der Waals surface area contributed by atoms with Crippen molar-refractivity contribution in [3.05, 3.63) is 65.7 Å². The van der Waals surface area contributed by atoms with E-state index in [2.05, 4.69) is 0 Å². The van der Waals surface area contributed by atoms with Gasteiger partial charge in [-0.3, -0.25) is 4.79 Å². The van der Waals surface area contributed by atoms with Gasteiger partial charge in [-0.1, -0.05) is 36.4 Å². The Balaban J connectivity index is 1.91. The first-order valence-electron chi connectivity index (χ1n) is 5.61. The van der Waals surface area contributed by atoms with Crippen LogP contribution in [0.2, 0.25) is 0 Å². The number of aliphatic hydroxyl groups is 1. The first-order chi connectivity index (χ1) is 8.77. The smallest absolute Gasteiger partial charge is 0.266 e. The van der Waals surface area contributed by atoms with Gasteiger partial charge in [-0.25, -0.2) is 4.31 Å². The van der Waals surface area contributed by atoms with Crippen LogP contribution in [0.4, 0.5) is 0 Å². The van der Waals surface area contributed by atoms with Gasteiger partial charge < -0.3 is 5.11 Å². The van der Waals surface area contributed by atoms with Gasteiger partial charge in [0.15, 0.2) is 6.23 Å². The Morgan fingerprint density at radius 1 is 1.00 bits per heavy atom. The fourth-order valence-electron chi connectivity index (χ4n) is 1.96. The number of hydrogen-bond acceptors (Lipinski definition) is 3. The van der Waals surface area contributed by atoms with Crippen LogP contribution in [0, 0.1) is 0 Å². The van der Waals surface area contributed by atoms with Crippen molar-refractivity contribution in [2.24, 2.45) is 0 Å². The van der Waals surface area contributed by atoms with E-state index >= 15 is 0 Å². The third-order valence-electron chi connectivity index (χ3n) is 2.84. The first kappa shape index (κ1) is 11.3. The quantitative estimate of drug-likeness (QED) is 0.841. The van der Waals surface area contributed by atoms with E-state index in [0.29, 0.717) is 11.1 Å². The lowest BCUT2D eigenvalue weighted by molar-refractivity contribution is 0.0577. The minimum atomic E-state index is -0.876. The predicted molar refractivity (Wildman–Crippen MR) is 69.9 cm³/mol. The summed E-state index contributed by atoms with van der Waals surface area (Å²) in [7, 11) is 0. The number of hydrogen-bond donors (Lipinski definition) is 1. The molecule has 0 saturated carbocycles. The van der Waals surface area contributed by atoms with Gasteiger partial charge in [-0.15, -0.1) is 0 Å². The summed E-state index contributed by atoms with van der Waals surface area (Å²) in [4.78, 5) is 13.1. The van der Waals surface area contributed by atoms with Crippen LogP contribution in [0.3, 0.4) is 0 Å². The van der Waals surface area contributed by atoms with Crippen LogP contribution in [0.1, 0.15) is 22.1 Å². The molecule has 1 amide bonds. The summed E-state index contributed by atoms with van der Waals surface area (Å²) >= 11 is 1.26. The highest BCUT2D eigenvalue weighted by atomic mass is 32.2. The molecule has 1 aliphatic rings. The molecule has 3 nitrogen and oxygen atoms in total. The molecule has 2 aromatic carbocycles. The molecule has 18 heavy (non-hydrogen) atoms. The SMILES string of the molecule is O=C1c2ccccc2C(O)N1Sc1ccccc1. The Hall–Kier alpha value is -1.78. The highest BCUT2D eigenvalue weighted by molar-refractivity contribution is 7.97. The van der Waals surface area contributed by atoms with Crippen molar-refractivity contribution >= 4 is 17.9 Å². The molecule has 3 rings (SSSR count). The third-order valence-corrected chi connectivity index (χ3v) is 3.88. The summed E-state index contributed by atoms with van der Waals surface area (Å²) in [5, 5.41) is 10.2. The van der Waals surface area contributed by atoms with Crippen LogP contribution < -0.4 is 0 Å². The molecule has 0 radical (unpaired) electrons. The van der Waals surface area contributed by atoms with Gasteiger partial charge in [0.05, 0.1) is 0 Å². The van der Waals surface area contributed by atoms with Gasteiger partial charge in [0.1, 0.15) is 0 Å². The van der Waals surface area contributed by atoms with Gasteiger partial charge >= 0.3 is 0 Å². The van der Waals surface area contributed by atoms with Crippen molar-refractivity contribution in [1.82, 2.24) is 4.31 Å². The molecule has 90 valence electrons. The second-order valence-electron chi connectivity index (χ2n) is 4.00. The van der Waals surface area contributed by atoms with Crippen molar-refractivity contribution in [2.75, 3.05) is 0 Å². The summed E-state index contributed by atoms with van der Waals surface area (Å²) in [5.41, 5.74) is 1.25. The topological polar surface area (TPSA) is 40.5 Å². The van der Waals surface area contributed by atoms with Crippen molar-refractivity contribution < 1.29 is 9.90 Å². The second-order valence-corrected chi connectivity index (χ2v) is 5.04. The molecule has 1 N–H and O–H groups in total. The van der Waals surface area contributed by atoms with Crippen LogP contribution in [0.5, 0.6) is 0 Å². The van der Waals surface area contributed by atoms with Gasteiger partial charge in [-0.05, 0) is 30.1 Å². The number of carbonyl (C=O) groups is 1. The van der Waals surface area contributed by atoms with Crippen molar-refractivity contribution in [3.63, 3.8) is 0 Å². The molecule has 2 aromatic rings. The highest BCUT2D eigenvalue weighted by Crippen LogP contribution is 2.39.